The van der Waals surface area contributed by atoms with Gasteiger partial charge in [-0.15, -0.1) is 0 Å². The highest BCUT2D eigenvalue weighted by Gasteiger charge is 2.15. The van der Waals surface area contributed by atoms with Gasteiger partial charge < -0.3 is 29.1 Å². The Balaban J connectivity index is 1.31. The smallest absolute Gasteiger partial charge is 0.145 e. The first-order chi connectivity index (χ1) is 16.7. The number of methoxy groups -OCH3 is 1. The third kappa shape index (κ3) is 4.76. The number of nitrogens with one attached hydrogen (secondary N) is 1. The summed E-state index contributed by atoms with van der Waals surface area (Å²) >= 11 is 0. The van der Waals surface area contributed by atoms with Crippen molar-refractivity contribution < 1.29 is 23.7 Å². The van der Waals surface area contributed by atoms with Gasteiger partial charge in [0.05, 0.1) is 30.9 Å². The summed E-state index contributed by atoms with van der Waals surface area (Å²) < 4.78 is 22.8. The van der Waals surface area contributed by atoms with E-state index in [1.807, 2.05) is 72.9 Å². The minimum Gasteiger partial charge on any atom is -0.496 e. The highest BCUT2D eigenvalue weighted by Crippen LogP contribution is 2.25. The Morgan fingerprint density at radius 1 is 1.03 bits per heavy atom. The number of hydrogen-bond donors (Lipinski definition) is 2. The topological polar surface area (TPSA) is 85.5 Å². The van der Waals surface area contributed by atoms with Crippen LogP contribution in [0.5, 0.6) is 11.5 Å². The zero-order chi connectivity index (χ0) is 23.3. The molecule has 2 N–H and O–H groups in total. The molecule has 34 heavy (non-hydrogen) atoms. The molecule has 0 aliphatic carbocycles. The number of aliphatic hydroxyl groups is 1. The van der Waals surface area contributed by atoms with Gasteiger partial charge in [-0.3, -0.25) is 4.99 Å². The molecule has 174 valence electrons. The molecule has 4 aromatic rings. The molecule has 1 aliphatic rings. The van der Waals surface area contributed by atoms with Gasteiger partial charge >= 0.3 is 0 Å². The largest absolute Gasteiger partial charge is 0.496 e. The van der Waals surface area contributed by atoms with Crippen LogP contribution in [0.3, 0.4) is 0 Å². The van der Waals surface area contributed by atoms with Crippen LogP contribution in [0, 0.1) is 0 Å². The maximum absolute atomic E-state index is 9.32. The number of rotatable bonds is 9. The molecule has 1 aromatic heterocycles. The highest BCUT2D eigenvalue weighted by molar-refractivity contribution is 5.78. The van der Waals surface area contributed by atoms with Gasteiger partial charge in [0.15, 0.2) is 0 Å². The van der Waals surface area contributed by atoms with Crippen molar-refractivity contribution >= 4 is 17.2 Å². The van der Waals surface area contributed by atoms with E-state index in [-0.39, 0.29) is 12.8 Å². The summed E-state index contributed by atoms with van der Waals surface area (Å²) in [5.41, 5.74) is 2.85. The second-order valence-electron chi connectivity index (χ2n) is 7.96. The summed E-state index contributed by atoms with van der Waals surface area (Å²) in [7, 11) is 1.63. The molecule has 0 radical (unpaired) electrons. The summed E-state index contributed by atoms with van der Waals surface area (Å²) in [6.45, 7) is 1.32. The molecule has 1 atom stereocenters. The van der Waals surface area contributed by atoms with Crippen LogP contribution >= 0.6 is 0 Å². The number of fused-ring (bicyclic) bond motifs is 2. The van der Waals surface area contributed by atoms with Crippen molar-refractivity contribution in [3.63, 3.8) is 0 Å². The highest BCUT2D eigenvalue weighted by atomic mass is 16.5. The molecule has 0 saturated heterocycles. The molecule has 7 heteroatoms. The lowest BCUT2D eigenvalue weighted by Crippen LogP contribution is -2.36. The van der Waals surface area contributed by atoms with E-state index in [2.05, 4.69) is 5.32 Å². The maximum atomic E-state index is 9.32. The van der Waals surface area contributed by atoms with Crippen LogP contribution < -0.4 is 25.4 Å². The summed E-state index contributed by atoms with van der Waals surface area (Å²) in [5.74, 6) is 1.90. The minimum atomic E-state index is -0.265. The SMILES string of the molecule is COc1cc(OCCOCc2ccccc2)cc2c1=CNC(c1ccc3oc(CO)cc3c1)N=2. The summed E-state index contributed by atoms with van der Waals surface area (Å²) in [5, 5.41) is 15.2. The molecule has 0 saturated carbocycles. The van der Waals surface area contributed by atoms with Crippen molar-refractivity contribution in [1.82, 2.24) is 5.32 Å². The Morgan fingerprint density at radius 3 is 2.74 bits per heavy atom. The summed E-state index contributed by atoms with van der Waals surface area (Å²) in [4.78, 5) is 4.89. The predicted octanol–water partition coefficient (Wildman–Crippen LogP) is 3.19. The van der Waals surface area contributed by atoms with Gasteiger partial charge in [0.2, 0.25) is 0 Å². The molecule has 0 bridgehead atoms. The quantitative estimate of drug-likeness (QED) is 0.375. The second kappa shape index (κ2) is 9.99. The fourth-order valence-corrected chi connectivity index (χ4v) is 3.95. The third-order valence-corrected chi connectivity index (χ3v) is 5.64. The minimum absolute atomic E-state index is 0.128. The monoisotopic (exact) mass is 458 g/mol. The van der Waals surface area contributed by atoms with E-state index >= 15 is 0 Å². The Bertz CT molecular complexity index is 1400. The van der Waals surface area contributed by atoms with Crippen molar-refractivity contribution in [2.45, 2.75) is 19.4 Å². The van der Waals surface area contributed by atoms with Gasteiger partial charge in [-0.05, 0) is 29.3 Å². The third-order valence-electron chi connectivity index (χ3n) is 5.64. The Labute approximate surface area is 196 Å². The van der Waals surface area contributed by atoms with Gasteiger partial charge in [0.1, 0.15) is 42.2 Å². The van der Waals surface area contributed by atoms with Crippen molar-refractivity contribution in [3.8, 4) is 11.5 Å². The molecule has 0 spiro atoms. The van der Waals surface area contributed by atoms with E-state index in [9.17, 15) is 5.11 Å². The van der Waals surface area contributed by atoms with Gasteiger partial charge in [0.25, 0.3) is 0 Å². The number of aliphatic hydroxyl groups excluding tert-OH is 1. The van der Waals surface area contributed by atoms with Crippen LogP contribution in [0.15, 0.2) is 76.1 Å². The zero-order valence-electron chi connectivity index (χ0n) is 18.9. The van der Waals surface area contributed by atoms with Crippen LogP contribution in [-0.4, -0.2) is 25.4 Å². The molecule has 0 fully saturated rings. The number of ether oxygens (including phenoxy) is 3. The van der Waals surface area contributed by atoms with Gasteiger partial charge in [-0.1, -0.05) is 36.4 Å². The second-order valence-corrected chi connectivity index (χ2v) is 7.96. The number of furan rings is 1. The van der Waals surface area contributed by atoms with Crippen LogP contribution in [-0.2, 0) is 18.0 Å². The molecule has 1 aliphatic heterocycles. The van der Waals surface area contributed by atoms with Crippen molar-refractivity contribution in [1.29, 1.82) is 0 Å². The molecule has 1 unspecified atom stereocenters. The van der Waals surface area contributed by atoms with Crippen LogP contribution in [0.2, 0.25) is 0 Å². The molecular weight excluding hydrogens is 432 g/mol. The first-order valence-corrected chi connectivity index (χ1v) is 11.1. The zero-order valence-corrected chi connectivity index (χ0v) is 18.9. The number of hydrogen-bond acceptors (Lipinski definition) is 7. The molecule has 7 nitrogen and oxygen atoms in total. The maximum Gasteiger partial charge on any atom is 0.145 e. The lowest BCUT2D eigenvalue weighted by molar-refractivity contribution is 0.0888. The predicted molar refractivity (Wildman–Crippen MR) is 128 cm³/mol. The van der Waals surface area contributed by atoms with Crippen LogP contribution in [0.25, 0.3) is 17.2 Å². The van der Waals surface area contributed by atoms with E-state index in [4.69, 9.17) is 23.6 Å². The Morgan fingerprint density at radius 2 is 1.91 bits per heavy atom. The fraction of sp³-hybridized carbons (Fsp3) is 0.222. The standard InChI is InChI=1S/C27H26N2O5/c1-31-26-14-21(33-10-9-32-17-18-5-3-2-4-6-18)13-24-23(26)15-28-27(29-24)19-7-8-25-20(11-19)12-22(16-30)34-25/h2-8,11-15,27-28,30H,9-10,16-17H2,1H3. The van der Waals surface area contributed by atoms with Gasteiger partial charge in [0, 0.05) is 23.7 Å². The van der Waals surface area contributed by atoms with Crippen molar-refractivity contribution in [2.75, 3.05) is 20.3 Å². The summed E-state index contributed by atoms with van der Waals surface area (Å²) in [6, 6.07) is 21.5. The normalized spacial score (nSPS) is 14.6. The van der Waals surface area contributed by atoms with E-state index in [1.54, 1.807) is 7.11 Å². The van der Waals surface area contributed by atoms with Crippen molar-refractivity contribution in [3.05, 3.63) is 94.2 Å². The lowest BCUT2D eigenvalue weighted by Gasteiger charge is -2.18. The molecule has 2 heterocycles. The molecule has 5 rings (SSSR count). The number of benzene rings is 3. The Kier molecular flexibility index (Phi) is 6.46. The Hall–Kier alpha value is -3.81. The molecular formula is C27H26N2O5. The fourth-order valence-electron chi connectivity index (χ4n) is 3.95. The van der Waals surface area contributed by atoms with E-state index < -0.39 is 0 Å². The van der Waals surface area contributed by atoms with E-state index in [1.165, 1.54) is 0 Å². The first-order valence-electron chi connectivity index (χ1n) is 11.1. The van der Waals surface area contributed by atoms with E-state index in [0.29, 0.717) is 37.1 Å². The average Bonchev–Trinajstić information content (AvgIpc) is 3.31. The first kappa shape index (κ1) is 22.0. The number of nitrogens with zero attached hydrogens (tertiary/aromatic N) is 1. The molecule has 3 aromatic carbocycles. The van der Waals surface area contributed by atoms with Crippen molar-refractivity contribution in [2.24, 2.45) is 4.99 Å². The average molecular weight is 459 g/mol. The van der Waals surface area contributed by atoms with Gasteiger partial charge in [-0.25, -0.2) is 0 Å². The lowest BCUT2D eigenvalue weighted by atomic mass is 10.1. The van der Waals surface area contributed by atoms with Crippen LogP contribution in [0.1, 0.15) is 23.1 Å². The van der Waals surface area contributed by atoms with Gasteiger partial charge in [-0.2, -0.15) is 0 Å². The molecule has 0 amide bonds. The van der Waals surface area contributed by atoms with E-state index in [0.717, 1.165) is 32.7 Å². The van der Waals surface area contributed by atoms with Crippen LogP contribution in [0.4, 0.5) is 0 Å². The summed E-state index contributed by atoms with van der Waals surface area (Å²) in [6.07, 6.45) is 1.65.